The van der Waals surface area contributed by atoms with E-state index in [1.165, 1.54) is 16.5 Å². The summed E-state index contributed by atoms with van der Waals surface area (Å²) in [5.74, 6) is -0.414. The summed E-state index contributed by atoms with van der Waals surface area (Å²) in [4.78, 5) is 27.1. The van der Waals surface area contributed by atoms with Crippen LogP contribution >= 0.6 is 0 Å². The van der Waals surface area contributed by atoms with Crippen molar-refractivity contribution in [2.75, 3.05) is 16.8 Å². The Hall–Kier alpha value is -3.14. The molecule has 0 bridgehead atoms. The first-order valence-corrected chi connectivity index (χ1v) is 9.81. The maximum atomic E-state index is 12.9. The zero-order chi connectivity index (χ0) is 19.3. The van der Waals surface area contributed by atoms with E-state index in [9.17, 15) is 9.59 Å². The van der Waals surface area contributed by atoms with E-state index in [4.69, 9.17) is 0 Å². The summed E-state index contributed by atoms with van der Waals surface area (Å²) in [6, 6.07) is 18.3. The molecule has 1 fully saturated rings. The number of rotatable bonds is 3. The summed E-state index contributed by atoms with van der Waals surface area (Å²) in [6.07, 6.45) is 2.38. The number of hydrogen-bond donors (Lipinski definition) is 1. The van der Waals surface area contributed by atoms with Crippen LogP contribution in [0.3, 0.4) is 0 Å². The van der Waals surface area contributed by atoms with E-state index in [-0.39, 0.29) is 24.2 Å². The Labute approximate surface area is 164 Å². The molecule has 3 aromatic rings. The second-order valence-electron chi connectivity index (χ2n) is 7.84. The number of aryl methyl sites for hydroxylation is 3. The van der Waals surface area contributed by atoms with Crippen molar-refractivity contribution in [1.82, 2.24) is 0 Å². The molecule has 0 unspecified atom stereocenters. The van der Waals surface area contributed by atoms with Crippen molar-refractivity contribution in [1.29, 1.82) is 0 Å². The fraction of sp³-hybridized carbons (Fsp3) is 0.250. The lowest BCUT2D eigenvalue weighted by Crippen LogP contribution is -2.28. The molecule has 1 aliphatic carbocycles. The molecule has 3 aromatic carbocycles. The van der Waals surface area contributed by atoms with Gasteiger partial charge in [0, 0.05) is 29.7 Å². The highest BCUT2D eigenvalue weighted by atomic mass is 16.2. The topological polar surface area (TPSA) is 49.4 Å². The Kier molecular flexibility index (Phi) is 3.93. The summed E-state index contributed by atoms with van der Waals surface area (Å²) in [6.45, 7) is 2.44. The summed E-state index contributed by atoms with van der Waals surface area (Å²) in [7, 11) is 0. The molecule has 4 nitrogen and oxygen atoms in total. The molecule has 5 rings (SSSR count). The molecule has 1 N–H and O–H groups in total. The van der Waals surface area contributed by atoms with Gasteiger partial charge < -0.3 is 10.2 Å². The Bertz CT molecular complexity index is 1090. The van der Waals surface area contributed by atoms with Crippen molar-refractivity contribution < 1.29 is 9.59 Å². The molecule has 1 atom stereocenters. The maximum Gasteiger partial charge on any atom is 0.229 e. The fourth-order valence-electron chi connectivity index (χ4n) is 4.45. The third-order valence-corrected chi connectivity index (χ3v) is 5.98. The minimum atomic E-state index is -0.336. The molecular formula is C24H22N2O2. The van der Waals surface area contributed by atoms with Gasteiger partial charge in [-0.15, -0.1) is 0 Å². The molecule has 4 heteroatoms. The number of nitrogens with one attached hydrogen (secondary N) is 1. The predicted molar refractivity (Wildman–Crippen MR) is 112 cm³/mol. The number of carbonyl (C=O) groups excluding carboxylic acids is 2. The number of carbonyl (C=O) groups is 2. The van der Waals surface area contributed by atoms with Gasteiger partial charge in [-0.25, -0.2) is 0 Å². The largest absolute Gasteiger partial charge is 0.325 e. The number of anilines is 2. The zero-order valence-electron chi connectivity index (χ0n) is 15.9. The van der Waals surface area contributed by atoms with Gasteiger partial charge in [0.05, 0.1) is 5.92 Å². The lowest BCUT2D eigenvalue weighted by molar-refractivity contribution is -0.122. The van der Waals surface area contributed by atoms with E-state index < -0.39 is 0 Å². The van der Waals surface area contributed by atoms with E-state index in [0.29, 0.717) is 6.54 Å². The minimum Gasteiger partial charge on any atom is -0.325 e. The second-order valence-corrected chi connectivity index (χ2v) is 7.84. The van der Waals surface area contributed by atoms with Gasteiger partial charge in [0.1, 0.15) is 0 Å². The van der Waals surface area contributed by atoms with Crippen molar-refractivity contribution in [3.05, 3.63) is 71.3 Å². The molecule has 2 aliphatic rings. The molecule has 140 valence electrons. The first kappa shape index (κ1) is 17.0. The van der Waals surface area contributed by atoms with Gasteiger partial charge in [-0.05, 0) is 54.5 Å². The number of benzene rings is 3. The maximum absolute atomic E-state index is 12.9. The predicted octanol–water partition coefficient (Wildman–Crippen LogP) is 4.24. The van der Waals surface area contributed by atoms with Crippen LogP contribution in [0.1, 0.15) is 23.1 Å². The van der Waals surface area contributed by atoms with Crippen LogP contribution in [0.25, 0.3) is 10.8 Å². The number of hydrogen-bond acceptors (Lipinski definition) is 2. The first-order valence-electron chi connectivity index (χ1n) is 9.81. The molecule has 1 saturated heterocycles. The summed E-state index contributed by atoms with van der Waals surface area (Å²) in [5, 5.41) is 5.47. The van der Waals surface area contributed by atoms with Gasteiger partial charge in [0.2, 0.25) is 11.8 Å². The number of nitrogens with zero attached hydrogens (tertiary/aromatic N) is 1. The van der Waals surface area contributed by atoms with Crippen molar-refractivity contribution >= 4 is 34.0 Å². The van der Waals surface area contributed by atoms with Crippen LogP contribution in [0.4, 0.5) is 11.4 Å². The molecule has 0 aromatic heterocycles. The second kappa shape index (κ2) is 6.48. The molecule has 28 heavy (non-hydrogen) atoms. The molecule has 0 saturated carbocycles. The lowest BCUT2D eigenvalue weighted by Gasteiger charge is -2.17. The van der Waals surface area contributed by atoms with Crippen molar-refractivity contribution in [3.8, 4) is 0 Å². The Morgan fingerprint density at radius 1 is 1.00 bits per heavy atom. The van der Waals surface area contributed by atoms with Gasteiger partial charge in [-0.1, -0.05) is 42.0 Å². The highest BCUT2D eigenvalue weighted by Crippen LogP contribution is 2.35. The van der Waals surface area contributed by atoms with Crippen LogP contribution in [-0.2, 0) is 22.4 Å². The Balaban J connectivity index is 1.38. The van der Waals surface area contributed by atoms with E-state index in [0.717, 1.165) is 35.2 Å². The van der Waals surface area contributed by atoms with Gasteiger partial charge >= 0.3 is 0 Å². The highest BCUT2D eigenvalue weighted by Gasteiger charge is 2.35. The molecular weight excluding hydrogens is 348 g/mol. The fourth-order valence-corrected chi connectivity index (χ4v) is 4.45. The summed E-state index contributed by atoms with van der Waals surface area (Å²) >= 11 is 0. The third-order valence-electron chi connectivity index (χ3n) is 5.98. The minimum absolute atomic E-state index is 0.00408. The SMILES string of the molecule is Cc1ccc(N2C[C@H](C(=O)Nc3ccc4c5c(cccc35)CC4)CC2=O)cc1. The van der Waals surface area contributed by atoms with Gasteiger partial charge in [-0.2, -0.15) is 0 Å². The summed E-state index contributed by atoms with van der Waals surface area (Å²) in [5.41, 5.74) is 5.55. The smallest absolute Gasteiger partial charge is 0.229 e. The van der Waals surface area contributed by atoms with E-state index in [1.54, 1.807) is 4.90 Å². The van der Waals surface area contributed by atoms with Gasteiger partial charge in [0.25, 0.3) is 0 Å². The summed E-state index contributed by atoms with van der Waals surface area (Å²) < 4.78 is 0. The quantitative estimate of drug-likeness (QED) is 0.750. The molecule has 1 aliphatic heterocycles. The monoisotopic (exact) mass is 370 g/mol. The highest BCUT2D eigenvalue weighted by molar-refractivity contribution is 6.08. The van der Waals surface area contributed by atoms with Crippen LogP contribution in [-0.4, -0.2) is 18.4 Å². The lowest BCUT2D eigenvalue weighted by atomic mass is 10.0. The normalized spacial score (nSPS) is 18.1. The van der Waals surface area contributed by atoms with Crippen LogP contribution in [0.15, 0.2) is 54.6 Å². The average Bonchev–Trinajstić information content (AvgIpc) is 3.30. The van der Waals surface area contributed by atoms with E-state index in [1.807, 2.05) is 37.3 Å². The van der Waals surface area contributed by atoms with Crippen LogP contribution < -0.4 is 10.2 Å². The molecule has 0 radical (unpaired) electrons. The van der Waals surface area contributed by atoms with Crippen molar-refractivity contribution in [2.45, 2.75) is 26.2 Å². The zero-order valence-corrected chi connectivity index (χ0v) is 15.9. The van der Waals surface area contributed by atoms with Gasteiger partial charge in [0.15, 0.2) is 0 Å². The van der Waals surface area contributed by atoms with Gasteiger partial charge in [-0.3, -0.25) is 9.59 Å². The molecule has 0 spiro atoms. The van der Waals surface area contributed by atoms with Crippen LogP contribution in [0, 0.1) is 12.8 Å². The number of amides is 2. The average molecular weight is 370 g/mol. The van der Waals surface area contributed by atoms with Crippen molar-refractivity contribution in [2.24, 2.45) is 5.92 Å². The Morgan fingerprint density at radius 2 is 1.75 bits per heavy atom. The van der Waals surface area contributed by atoms with Crippen LogP contribution in [0.2, 0.25) is 0 Å². The first-order chi connectivity index (χ1) is 13.6. The Morgan fingerprint density at radius 3 is 2.54 bits per heavy atom. The molecule has 1 heterocycles. The van der Waals surface area contributed by atoms with E-state index >= 15 is 0 Å². The third kappa shape index (κ3) is 2.76. The van der Waals surface area contributed by atoms with Crippen molar-refractivity contribution in [3.63, 3.8) is 0 Å². The van der Waals surface area contributed by atoms with E-state index in [2.05, 4.69) is 29.6 Å². The van der Waals surface area contributed by atoms with Crippen LogP contribution in [0.5, 0.6) is 0 Å². The standard InChI is InChI=1S/C24H22N2O2/c1-15-5-10-19(11-6-15)26-14-18(13-22(26)27)24(28)25-21-12-9-17-8-7-16-3-2-4-20(21)23(16)17/h2-6,9-12,18H,7-8,13-14H2,1H3,(H,25,28)/t18-/m1/s1. The molecule has 2 amide bonds.